The summed E-state index contributed by atoms with van der Waals surface area (Å²) in [5.41, 5.74) is 5.59. The average molecular weight is 232 g/mol. The van der Waals surface area contributed by atoms with Gasteiger partial charge in [-0.15, -0.1) is 0 Å². The molecule has 0 heterocycles. The Bertz CT molecular complexity index is 205. The molecule has 0 fully saturated rings. The maximum atomic E-state index is 9.19. The molecule has 3 nitrogen and oxygen atoms in total. The van der Waals surface area contributed by atoms with Crippen molar-refractivity contribution in [3.05, 3.63) is 0 Å². The maximum absolute atomic E-state index is 9.19. The van der Waals surface area contributed by atoms with E-state index < -0.39 is 0 Å². The normalized spacial score (nSPS) is 14.3. The van der Waals surface area contributed by atoms with Gasteiger partial charge in [-0.05, 0) is 33.4 Å². The zero-order chi connectivity index (χ0) is 12.1. The number of likely N-dealkylation sites (N-methyl/N-ethyl adjacent to an activating group) is 1. The molecular formula is C11H24N2OS. The Balaban J connectivity index is 3.74. The van der Waals surface area contributed by atoms with E-state index in [2.05, 4.69) is 18.7 Å². The molecule has 0 aliphatic heterocycles. The molecule has 15 heavy (non-hydrogen) atoms. The van der Waals surface area contributed by atoms with Gasteiger partial charge in [-0.3, -0.25) is 0 Å². The third kappa shape index (κ3) is 6.82. The van der Waals surface area contributed by atoms with Gasteiger partial charge in [-0.2, -0.15) is 0 Å². The van der Waals surface area contributed by atoms with Crippen molar-refractivity contribution in [2.24, 2.45) is 11.1 Å². The molecule has 0 spiro atoms. The summed E-state index contributed by atoms with van der Waals surface area (Å²) in [5.74, 6) is 0. The van der Waals surface area contributed by atoms with Crippen LogP contribution in [0.15, 0.2) is 0 Å². The minimum atomic E-state index is -0.265. The van der Waals surface area contributed by atoms with Crippen LogP contribution >= 0.6 is 12.2 Å². The summed E-state index contributed by atoms with van der Waals surface area (Å²) in [6.45, 7) is 7.63. The van der Waals surface area contributed by atoms with Crippen molar-refractivity contribution in [2.45, 2.75) is 39.7 Å². The highest BCUT2D eigenvalue weighted by atomic mass is 32.1. The molecule has 0 aromatic rings. The topological polar surface area (TPSA) is 49.5 Å². The molecule has 4 heteroatoms. The van der Waals surface area contributed by atoms with Gasteiger partial charge in [0.15, 0.2) is 0 Å². The van der Waals surface area contributed by atoms with E-state index >= 15 is 0 Å². The fourth-order valence-electron chi connectivity index (χ4n) is 1.46. The molecule has 0 aliphatic carbocycles. The minimum Gasteiger partial charge on any atom is -0.393 e. The SMILES string of the molecule is CC(O)CN(C)CCCC(C)(C)C(N)=S. The van der Waals surface area contributed by atoms with Crippen molar-refractivity contribution in [3.8, 4) is 0 Å². The first kappa shape index (κ1) is 14.8. The lowest BCUT2D eigenvalue weighted by Crippen LogP contribution is -2.32. The van der Waals surface area contributed by atoms with Gasteiger partial charge in [0.1, 0.15) is 0 Å². The van der Waals surface area contributed by atoms with E-state index in [9.17, 15) is 5.11 Å². The van der Waals surface area contributed by atoms with Gasteiger partial charge in [0.2, 0.25) is 0 Å². The first-order chi connectivity index (χ1) is 6.75. The summed E-state index contributed by atoms with van der Waals surface area (Å²) < 4.78 is 0. The van der Waals surface area contributed by atoms with E-state index in [0.717, 1.165) is 19.4 Å². The van der Waals surface area contributed by atoms with E-state index in [-0.39, 0.29) is 11.5 Å². The molecule has 0 amide bonds. The van der Waals surface area contributed by atoms with Crippen LogP contribution in [0.4, 0.5) is 0 Å². The van der Waals surface area contributed by atoms with Crippen molar-refractivity contribution in [2.75, 3.05) is 20.1 Å². The second-order valence-electron chi connectivity index (χ2n) is 4.96. The fourth-order valence-corrected chi connectivity index (χ4v) is 1.56. The molecule has 3 N–H and O–H groups in total. The number of nitrogens with two attached hydrogens (primary N) is 1. The number of hydrogen-bond acceptors (Lipinski definition) is 3. The maximum Gasteiger partial charge on any atom is 0.0784 e. The van der Waals surface area contributed by atoms with Crippen LogP contribution in [0.3, 0.4) is 0 Å². The Hall–Kier alpha value is -0.190. The number of nitrogens with zero attached hydrogens (tertiary/aromatic N) is 1. The lowest BCUT2D eigenvalue weighted by molar-refractivity contribution is 0.139. The van der Waals surface area contributed by atoms with Gasteiger partial charge in [0.05, 0.1) is 11.1 Å². The molecular weight excluding hydrogens is 208 g/mol. The molecule has 0 aliphatic rings. The highest BCUT2D eigenvalue weighted by Gasteiger charge is 2.20. The average Bonchev–Trinajstić information content (AvgIpc) is 2.01. The molecule has 0 bridgehead atoms. The summed E-state index contributed by atoms with van der Waals surface area (Å²) in [5, 5.41) is 9.19. The van der Waals surface area contributed by atoms with Gasteiger partial charge in [0, 0.05) is 12.0 Å². The first-order valence-corrected chi connectivity index (χ1v) is 5.83. The number of thiocarbonyl (C=S) groups is 1. The zero-order valence-electron chi connectivity index (χ0n) is 10.3. The largest absolute Gasteiger partial charge is 0.393 e. The zero-order valence-corrected chi connectivity index (χ0v) is 11.1. The van der Waals surface area contributed by atoms with Gasteiger partial charge in [-0.1, -0.05) is 26.1 Å². The van der Waals surface area contributed by atoms with Crippen LogP contribution in [0.5, 0.6) is 0 Å². The second-order valence-corrected chi connectivity index (χ2v) is 5.40. The summed E-state index contributed by atoms with van der Waals surface area (Å²) in [7, 11) is 2.01. The molecule has 0 aromatic heterocycles. The fraction of sp³-hybridized carbons (Fsp3) is 0.909. The number of rotatable bonds is 7. The Labute approximate surface area is 98.6 Å². The van der Waals surface area contributed by atoms with E-state index in [0.29, 0.717) is 11.5 Å². The Morgan fingerprint density at radius 1 is 1.53 bits per heavy atom. The van der Waals surface area contributed by atoms with Crippen molar-refractivity contribution in [3.63, 3.8) is 0 Å². The third-order valence-corrected chi connectivity index (χ3v) is 3.14. The lowest BCUT2D eigenvalue weighted by Gasteiger charge is -2.25. The van der Waals surface area contributed by atoms with Crippen LogP contribution in [0, 0.1) is 5.41 Å². The van der Waals surface area contributed by atoms with Crippen LogP contribution in [0.25, 0.3) is 0 Å². The molecule has 90 valence electrons. The minimum absolute atomic E-state index is 0.0546. The number of aliphatic hydroxyl groups excluding tert-OH is 1. The van der Waals surface area contributed by atoms with Gasteiger partial charge in [-0.25, -0.2) is 0 Å². The predicted octanol–water partition coefficient (Wildman–Crippen LogP) is 1.39. The predicted molar refractivity (Wildman–Crippen MR) is 69.0 cm³/mol. The molecule has 0 rings (SSSR count). The monoisotopic (exact) mass is 232 g/mol. The summed E-state index contributed by atoms with van der Waals surface area (Å²) >= 11 is 5.00. The van der Waals surface area contributed by atoms with Gasteiger partial charge < -0.3 is 15.7 Å². The van der Waals surface area contributed by atoms with Crippen molar-refractivity contribution in [1.29, 1.82) is 0 Å². The molecule has 0 saturated heterocycles. The second kappa shape index (κ2) is 6.40. The summed E-state index contributed by atoms with van der Waals surface area (Å²) in [6.07, 6.45) is 1.78. The molecule has 1 unspecified atom stereocenters. The third-order valence-electron chi connectivity index (χ3n) is 2.58. The van der Waals surface area contributed by atoms with Crippen LogP contribution in [-0.4, -0.2) is 41.2 Å². The standard InChI is InChI=1S/C11H24N2OS/c1-9(14)8-13(4)7-5-6-11(2,3)10(12)15/h9,14H,5-8H2,1-4H3,(H2,12,15). The van der Waals surface area contributed by atoms with Gasteiger partial charge in [0.25, 0.3) is 0 Å². The lowest BCUT2D eigenvalue weighted by atomic mass is 9.88. The molecule has 0 radical (unpaired) electrons. The van der Waals surface area contributed by atoms with Crippen LogP contribution in [0.2, 0.25) is 0 Å². The molecule has 0 aromatic carbocycles. The highest BCUT2D eigenvalue weighted by Crippen LogP contribution is 2.22. The van der Waals surface area contributed by atoms with Crippen molar-refractivity contribution < 1.29 is 5.11 Å². The number of aliphatic hydroxyl groups is 1. The summed E-state index contributed by atoms with van der Waals surface area (Å²) in [6, 6.07) is 0. The van der Waals surface area contributed by atoms with Crippen molar-refractivity contribution >= 4 is 17.2 Å². The van der Waals surface area contributed by atoms with Crippen LogP contribution < -0.4 is 5.73 Å². The van der Waals surface area contributed by atoms with E-state index in [1.807, 2.05) is 7.05 Å². The summed E-state index contributed by atoms with van der Waals surface area (Å²) in [4.78, 5) is 2.71. The Kier molecular flexibility index (Phi) is 6.32. The quantitative estimate of drug-likeness (QED) is 0.651. The highest BCUT2D eigenvalue weighted by molar-refractivity contribution is 7.80. The molecule has 0 saturated carbocycles. The Morgan fingerprint density at radius 2 is 2.07 bits per heavy atom. The Morgan fingerprint density at radius 3 is 2.47 bits per heavy atom. The first-order valence-electron chi connectivity index (χ1n) is 5.42. The van der Waals surface area contributed by atoms with E-state index in [4.69, 9.17) is 18.0 Å². The number of hydrogen-bond donors (Lipinski definition) is 2. The van der Waals surface area contributed by atoms with E-state index in [1.165, 1.54) is 0 Å². The van der Waals surface area contributed by atoms with Crippen LogP contribution in [0.1, 0.15) is 33.6 Å². The van der Waals surface area contributed by atoms with E-state index in [1.54, 1.807) is 6.92 Å². The van der Waals surface area contributed by atoms with Gasteiger partial charge >= 0.3 is 0 Å². The van der Waals surface area contributed by atoms with Crippen molar-refractivity contribution in [1.82, 2.24) is 4.90 Å². The smallest absolute Gasteiger partial charge is 0.0784 e. The molecule has 1 atom stereocenters. The van der Waals surface area contributed by atoms with Crippen LogP contribution in [-0.2, 0) is 0 Å².